The van der Waals surface area contributed by atoms with Gasteiger partial charge >= 0.3 is 5.97 Å². The standard InChI is InChI=1S/C15H17NO2S/c1-8-6-10(3)12(7-9(8)2)14-16-11(4)13(19-14)15(17)18-5/h6-7H,1-5H3. The van der Waals surface area contributed by atoms with Crippen LogP contribution in [0.1, 0.15) is 32.1 Å². The second-order valence-corrected chi connectivity index (χ2v) is 5.68. The van der Waals surface area contributed by atoms with E-state index in [0.717, 1.165) is 16.3 Å². The fourth-order valence-electron chi connectivity index (χ4n) is 1.98. The number of methoxy groups -OCH3 is 1. The third-order valence-electron chi connectivity index (χ3n) is 3.24. The monoisotopic (exact) mass is 275 g/mol. The Hall–Kier alpha value is -1.68. The van der Waals surface area contributed by atoms with E-state index in [1.165, 1.54) is 35.1 Å². The number of esters is 1. The smallest absolute Gasteiger partial charge is 0.349 e. The van der Waals surface area contributed by atoms with Crippen LogP contribution in [0.5, 0.6) is 0 Å². The Morgan fingerprint density at radius 1 is 1.11 bits per heavy atom. The molecule has 0 unspecified atom stereocenters. The van der Waals surface area contributed by atoms with Crippen LogP contribution in [0, 0.1) is 27.7 Å². The van der Waals surface area contributed by atoms with Gasteiger partial charge in [-0.3, -0.25) is 0 Å². The van der Waals surface area contributed by atoms with Crippen molar-refractivity contribution in [1.29, 1.82) is 0 Å². The molecule has 0 amide bonds. The number of benzene rings is 1. The Morgan fingerprint density at radius 3 is 2.37 bits per heavy atom. The summed E-state index contributed by atoms with van der Waals surface area (Å²) < 4.78 is 4.77. The number of thiazole rings is 1. The van der Waals surface area contributed by atoms with Gasteiger partial charge in [0.1, 0.15) is 9.88 Å². The molecule has 100 valence electrons. The Bertz CT molecular complexity index is 644. The third kappa shape index (κ3) is 2.54. The van der Waals surface area contributed by atoms with Crippen molar-refractivity contribution in [1.82, 2.24) is 4.98 Å². The molecule has 1 aromatic heterocycles. The van der Waals surface area contributed by atoms with Gasteiger partial charge in [-0.25, -0.2) is 9.78 Å². The molecule has 0 aliphatic heterocycles. The van der Waals surface area contributed by atoms with Crippen molar-refractivity contribution in [3.63, 3.8) is 0 Å². The predicted octanol–water partition coefficient (Wildman–Crippen LogP) is 3.83. The predicted molar refractivity (Wildman–Crippen MR) is 77.8 cm³/mol. The summed E-state index contributed by atoms with van der Waals surface area (Å²) in [5, 5.41) is 0.874. The zero-order valence-electron chi connectivity index (χ0n) is 11.8. The molecule has 19 heavy (non-hydrogen) atoms. The molecule has 0 bridgehead atoms. The summed E-state index contributed by atoms with van der Waals surface area (Å²) in [6, 6.07) is 4.28. The van der Waals surface area contributed by atoms with Crippen molar-refractivity contribution in [3.8, 4) is 10.6 Å². The second kappa shape index (κ2) is 5.13. The average molecular weight is 275 g/mol. The lowest BCUT2D eigenvalue weighted by Gasteiger charge is -2.07. The second-order valence-electron chi connectivity index (χ2n) is 4.68. The molecule has 0 fully saturated rings. The number of ether oxygens (including phenoxy) is 1. The number of hydrogen-bond donors (Lipinski definition) is 0. The fraction of sp³-hybridized carbons (Fsp3) is 0.333. The molecule has 0 spiro atoms. The topological polar surface area (TPSA) is 39.2 Å². The zero-order chi connectivity index (χ0) is 14.2. The number of carbonyl (C=O) groups excluding carboxylic acids is 1. The minimum Gasteiger partial charge on any atom is -0.465 e. The summed E-state index contributed by atoms with van der Waals surface area (Å²) in [4.78, 5) is 16.7. The number of aromatic nitrogens is 1. The van der Waals surface area contributed by atoms with Gasteiger partial charge in [-0.15, -0.1) is 11.3 Å². The quantitative estimate of drug-likeness (QED) is 0.782. The lowest BCUT2D eigenvalue weighted by atomic mass is 10.0. The van der Waals surface area contributed by atoms with E-state index in [2.05, 4.69) is 37.9 Å². The van der Waals surface area contributed by atoms with E-state index in [9.17, 15) is 4.79 Å². The van der Waals surface area contributed by atoms with Gasteiger partial charge in [0.2, 0.25) is 0 Å². The first-order chi connectivity index (χ1) is 8.93. The molecule has 0 radical (unpaired) electrons. The van der Waals surface area contributed by atoms with Gasteiger partial charge in [-0.05, 0) is 50.5 Å². The molecule has 1 heterocycles. The summed E-state index contributed by atoms with van der Waals surface area (Å²) in [6.07, 6.45) is 0. The maximum atomic E-state index is 11.6. The molecule has 1 aromatic carbocycles. The van der Waals surface area contributed by atoms with Crippen molar-refractivity contribution in [3.05, 3.63) is 39.4 Å². The van der Waals surface area contributed by atoms with Crippen LogP contribution in [0.3, 0.4) is 0 Å². The highest BCUT2D eigenvalue weighted by Gasteiger charge is 2.17. The van der Waals surface area contributed by atoms with Crippen LogP contribution in [0.2, 0.25) is 0 Å². The summed E-state index contributed by atoms with van der Waals surface area (Å²) in [5.74, 6) is -0.317. The Kier molecular flexibility index (Phi) is 3.71. The zero-order valence-corrected chi connectivity index (χ0v) is 12.6. The molecular weight excluding hydrogens is 258 g/mol. The molecule has 4 heteroatoms. The van der Waals surface area contributed by atoms with E-state index in [1.54, 1.807) is 0 Å². The van der Waals surface area contributed by atoms with Gasteiger partial charge in [0.25, 0.3) is 0 Å². The molecule has 3 nitrogen and oxygen atoms in total. The first kappa shape index (κ1) is 13.7. The van der Waals surface area contributed by atoms with E-state index in [1.807, 2.05) is 6.92 Å². The maximum Gasteiger partial charge on any atom is 0.349 e. The number of rotatable bonds is 2. The number of carbonyl (C=O) groups is 1. The first-order valence-electron chi connectivity index (χ1n) is 6.08. The number of nitrogens with zero attached hydrogens (tertiary/aromatic N) is 1. The van der Waals surface area contributed by atoms with Crippen molar-refractivity contribution in [2.45, 2.75) is 27.7 Å². The summed E-state index contributed by atoms with van der Waals surface area (Å²) in [6.45, 7) is 8.08. The SMILES string of the molecule is COC(=O)c1sc(-c2cc(C)c(C)cc2C)nc1C. The van der Waals surface area contributed by atoms with E-state index < -0.39 is 0 Å². The molecule has 0 saturated carbocycles. The van der Waals surface area contributed by atoms with E-state index >= 15 is 0 Å². The molecule has 0 N–H and O–H groups in total. The van der Waals surface area contributed by atoms with Crippen LogP contribution in [0.4, 0.5) is 0 Å². The van der Waals surface area contributed by atoms with Crippen molar-refractivity contribution in [2.75, 3.05) is 7.11 Å². The Balaban J connectivity index is 2.54. The summed E-state index contributed by atoms with van der Waals surface area (Å²) in [7, 11) is 1.39. The molecule has 0 saturated heterocycles. The van der Waals surface area contributed by atoms with Crippen molar-refractivity contribution < 1.29 is 9.53 Å². The van der Waals surface area contributed by atoms with Crippen molar-refractivity contribution in [2.24, 2.45) is 0 Å². The van der Waals surface area contributed by atoms with Crippen LogP contribution >= 0.6 is 11.3 Å². The van der Waals surface area contributed by atoms with Crippen LogP contribution in [-0.2, 0) is 4.74 Å². The Morgan fingerprint density at radius 2 is 1.74 bits per heavy atom. The van der Waals surface area contributed by atoms with Crippen LogP contribution in [-0.4, -0.2) is 18.1 Å². The summed E-state index contributed by atoms with van der Waals surface area (Å²) >= 11 is 1.39. The van der Waals surface area contributed by atoms with Crippen LogP contribution < -0.4 is 0 Å². The largest absolute Gasteiger partial charge is 0.465 e. The average Bonchev–Trinajstić information content (AvgIpc) is 2.75. The third-order valence-corrected chi connectivity index (χ3v) is 4.41. The normalized spacial score (nSPS) is 10.6. The van der Waals surface area contributed by atoms with Gasteiger partial charge in [-0.2, -0.15) is 0 Å². The molecular formula is C15H17NO2S. The van der Waals surface area contributed by atoms with Gasteiger partial charge < -0.3 is 4.74 Å². The van der Waals surface area contributed by atoms with Crippen LogP contribution in [0.15, 0.2) is 12.1 Å². The van der Waals surface area contributed by atoms with Crippen molar-refractivity contribution >= 4 is 17.3 Å². The minimum atomic E-state index is -0.317. The molecule has 2 rings (SSSR count). The van der Waals surface area contributed by atoms with Gasteiger partial charge in [-0.1, -0.05) is 6.07 Å². The maximum absolute atomic E-state index is 11.6. The van der Waals surface area contributed by atoms with E-state index in [4.69, 9.17) is 4.74 Å². The van der Waals surface area contributed by atoms with Gasteiger partial charge in [0.05, 0.1) is 12.8 Å². The first-order valence-corrected chi connectivity index (χ1v) is 6.89. The lowest BCUT2D eigenvalue weighted by Crippen LogP contribution is -1.99. The van der Waals surface area contributed by atoms with Gasteiger partial charge in [0, 0.05) is 5.56 Å². The lowest BCUT2D eigenvalue weighted by molar-refractivity contribution is 0.0605. The van der Waals surface area contributed by atoms with Gasteiger partial charge in [0.15, 0.2) is 0 Å². The van der Waals surface area contributed by atoms with E-state index in [0.29, 0.717) is 4.88 Å². The minimum absolute atomic E-state index is 0.317. The van der Waals surface area contributed by atoms with E-state index in [-0.39, 0.29) is 5.97 Å². The molecule has 0 aliphatic carbocycles. The molecule has 2 aromatic rings. The molecule has 0 atom stereocenters. The fourth-order valence-corrected chi connectivity index (χ4v) is 3.05. The summed E-state index contributed by atoms with van der Waals surface area (Å²) in [5.41, 5.74) is 5.49. The highest BCUT2D eigenvalue weighted by Crippen LogP contribution is 2.32. The Labute approximate surface area is 117 Å². The highest BCUT2D eigenvalue weighted by molar-refractivity contribution is 7.17. The number of aryl methyl sites for hydroxylation is 4. The number of hydrogen-bond acceptors (Lipinski definition) is 4. The highest BCUT2D eigenvalue weighted by atomic mass is 32.1. The molecule has 0 aliphatic rings. The van der Waals surface area contributed by atoms with Crippen LogP contribution in [0.25, 0.3) is 10.6 Å².